The quantitative estimate of drug-likeness (QED) is 0.898. The predicted octanol–water partition coefficient (Wildman–Crippen LogP) is 4.20. The topological polar surface area (TPSA) is 21.3 Å². The first kappa shape index (κ1) is 14.5. The summed E-state index contributed by atoms with van der Waals surface area (Å²) in [6, 6.07) is 17.4. The SMILES string of the molecule is CCc1ccc(C2=CC3(CCNCC3)Oc3ccccc32)cc1. The van der Waals surface area contributed by atoms with E-state index in [1.54, 1.807) is 0 Å². The van der Waals surface area contributed by atoms with E-state index >= 15 is 0 Å². The lowest BCUT2D eigenvalue weighted by molar-refractivity contribution is 0.0817. The summed E-state index contributed by atoms with van der Waals surface area (Å²) in [5, 5.41) is 3.44. The normalized spacial score (nSPS) is 18.9. The Labute approximate surface area is 138 Å². The molecule has 2 heteroatoms. The van der Waals surface area contributed by atoms with Crippen molar-refractivity contribution < 1.29 is 4.74 Å². The van der Waals surface area contributed by atoms with E-state index in [2.05, 4.69) is 66.8 Å². The number of nitrogens with one attached hydrogen (secondary N) is 1. The van der Waals surface area contributed by atoms with Gasteiger partial charge in [-0.2, -0.15) is 0 Å². The van der Waals surface area contributed by atoms with E-state index in [1.165, 1.54) is 22.3 Å². The molecule has 2 aliphatic rings. The molecule has 118 valence electrons. The predicted molar refractivity (Wildman–Crippen MR) is 94.8 cm³/mol. The highest BCUT2D eigenvalue weighted by atomic mass is 16.5. The number of benzene rings is 2. The van der Waals surface area contributed by atoms with Crippen molar-refractivity contribution in [3.63, 3.8) is 0 Å². The van der Waals surface area contributed by atoms with Crippen LogP contribution in [0.4, 0.5) is 0 Å². The zero-order valence-corrected chi connectivity index (χ0v) is 13.6. The molecule has 0 amide bonds. The third-order valence-electron chi connectivity index (χ3n) is 5.02. The smallest absolute Gasteiger partial charge is 0.130 e. The van der Waals surface area contributed by atoms with E-state index in [4.69, 9.17) is 4.74 Å². The van der Waals surface area contributed by atoms with Crippen LogP contribution < -0.4 is 10.1 Å². The minimum absolute atomic E-state index is 0.154. The molecule has 0 aromatic heterocycles. The van der Waals surface area contributed by atoms with Crippen molar-refractivity contribution in [3.8, 4) is 5.75 Å². The van der Waals surface area contributed by atoms with Crippen molar-refractivity contribution in [1.29, 1.82) is 0 Å². The van der Waals surface area contributed by atoms with E-state index in [0.29, 0.717) is 0 Å². The van der Waals surface area contributed by atoms with Crippen molar-refractivity contribution in [1.82, 2.24) is 5.32 Å². The highest BCUT2D eigenvalue weighted by Gasteiger charge is 2.36. The molecule has 2 aliphatic heterocycles. The summed E-state index contributed by atoms with van der Waals surface area (Å²) in [5.74, 6) is 1.02. The standard InChI is InChI=1S/C21H23NO/c1-2-16-7-9-17(10-8-16)19-15-21(11-13-22-14-12-21)23-20-6-4-3-5-18(19)20/h3-10,15,22H,2,11-14H2,1H3. The highest BCUT2D eigenvalue weighted by molar-refractivity contribution is 5.84. The summed E-state index contributed by atoms with van der Waals surface area (Å²) in [5.41, 5.74) is 5.04. The molecule has 23 heavy (non-hydrogen) atoms. The molecule has 2 aromatic rings. The first-order valence-electron chi connectivity index (χ1n) is 8.61. The Balaban J connectivity index is 1.82. The fourth-order valence-electron chi connectivity index (χ4n) is 3.62. The van der Waals surface area contributed by atoms with E-state index in [9.17, 15) is 0 Å². The third kappa shape index (κ3) is 2.68. The molecule has 0 saturated carbocycles. The van der Waals surface area contributed by atoms with Gasteiger partial charge in [-0.05, 0) is 48.4 Å². The molecule has 0 bridgehead atoms. The van der Waals surface area contributed by atoms with Crippen LogP contribution in [0, 0.1) is 0 Å². The van der Waals surface area contributed by atoms with Crippen LogP contribution in [0.15, 0.2) is 54.6 Å². The van der Waals surface area contributed by atoms with Crippen LogP contribution in [0.5, 0.6) is 5.75 Å². The fourth-order valence-corrected chi connectivity index (χ4v) is 3.62. The minimum Gasteiger partial charge on any atom is -0.482 e. The van der Waals surface area contributed by atoms with E-state index in [1.807, 2.05) is 0 Å². The lowest BCUT2D eigenvalue weighted by Gasteiger charge is -2.40. The lowest BCUT2D eigenvalue weighted by Crippen LogP contribution is -2.46. The number of rotatable bonds is 2. The highest BCUT2D eigenvalue weighted by Crippen LogP contribution is 2.42. The van der Waals surface area contributed by atoms with Crippen molar-refractivity contribution >= 4 is 5.57 Å². The molecule has 2 heterocycles. The number of fused-ring (bicyclic) bond motifs is 1. The van der Waals surface area contributed by atoms with Gasteiger partial charge in [-0.3, -0.25) is 0 Å². The number of hydrogen-bond acceptors (Lipinski definition) is 2. The summed E-state index contributed by atoms with van der Waals surface area (Å²) in [7, 11) is 0. The molecular formula is C21H23NO. The van der Waals surface area contributed by atoms with E-state index < -0.39 is 0 Å². The molecule has 1 N–H and O–H groups in total. The average Bonchev–Trinajstić information content (AvgIpc) is 2.62. The van der Waals surface area contributed by atoms with Crippen molar-refractivity contribution in [2.75, 3.05) is 13.1 Å². The molecule has 2 nitrogen and oxygen atoms in total. The number of aryl methyl sites for hydroxylation is 1. The average molecular weight is 305 g/mol. The molecule has 1 fully saturated rings. The van der Waals surface area contributed by atoms with Crippen LogP contribution in [-0.2, 0) is 6.42 Å². The van der Waals surface area contributed by atoms with Gasteiger partial charge >= 0.3 is 0 Å². The molecule has 0 radical (unpaired) electrons. The number of piperidine rings is 1. The molecule has 1 spiro atoms. The number of ether oxygens (including phenoxy) is 1. The molecule has 0 unspecified atom stereocenters. The number of hydrogen-bond donors (Lipinski definition) is 1. The zero-order chi connectivity index (χ0) is 15.7. The maximum absolute atomic E-state index is 6.44. The van der Waals surface area contributed by atoms with Gasteiger partial charge in [0.15, 0.2) is 0 Å². The third-order valence-corrected chi connectivity index (χ3v) is 5.02. The van der Waals surface area contributed by atoms with E-state index in [-0.39, 0.29) is 5.60 Å². The van der Waals surface area contributed by atoms with Crippen molar-refractivity contribution in [3.05, 3.63) is 71.3 Å². The summed E-state index contributed by atoms with van der Waals surface area (Å²) < 4.78 is 6.44. The van der Waals surface area contributed by atoms with Crippen molar-refractivity contribution in [2.24, 2.45) is 0 Å². The second kappa shape index (κ2) is 5.86. The van der Waals surface area contributed by atoms with E-state index in [0.717, 1.165) is 38.1 Å². The Kier molecular flexibility index (Phi) is 3.70. The largest absolute Gasteiger partial charge is 0.482 e. The Bertz CT molecular complexity index is 724. The maximum Gasteiger partial charge on any atom is 0.130 e. The van der Waals surface area contributed by atoms with Gasteiger partial charge in [0, 0.05) is 18.4 Å². The first-order chi connectivity index (χ1) is 11.3. The van der Waals surface area contributed by atoms with Crippen LogP contribution in [0.3, 0.4) is 0 Å². The first-order valence-corrected chi connectivity index (χ1v) is 8.61. The van der Waals surface area contributed by atoms with Gasteiger partial charge in [0.1, 0.15) is 11.4 Å². The summed E-state index contributed by atoms with van der Waals surface area (Å²) in [6.07, 6.45) is 5.50. The van der Waals surface area contributed by atoms with Gasteiger partial charge < -0.3 is 10.1 Å². The van der Waals surface area contributed by atoms with Gasteiger partial charge in [0.05, 0.1) is 0 Å². The zero-order valence-electron chi connectivity index (χ0n) is 13.6. The Morgan fingerprint density at radius 2 is 1.74 bits per heavy atom. The monoisotopic (exact) mass is 305 g/mol. The molecule has 2 aromatic carbocycles. The van der Waals surface area contributed by atoms with Crippen LogP contribution in [0.25, 0.3) is 5.57 Å². The Morgan fingerprint density at radius 3 is 2.48 bits per heavy atom. The molecule has 4 rings (SSSR count). The maximum atomic E-state index is 6.44. The molecule has 0 atom stereocenters. The second-order valence-corrected chi connectivity index (χ2v) is 6.52. The second-order valence-electron chi connectivity index (χ2n) is 6.52. The minimum atomic E-state index is -0.154. The van der Waals surface area contributed by atoms with Crippen LogP contribution in [-0.4, -0.2) is 18.7 Å². The molecular weight excluding hydrogens is 282 g/mol. The number of para-hydroxylation sites is 1. The summed E-state index contributed by atoms with van der Waals surface area (Å²) in [4.78, 5) is 0. The van der Waals surface area contributed by atoms with Crippen LogP contribution in [0.2, 0.25) is 0 Å². The van der Waals surface area contributed by atoms with Gasteiger partial charge in [-0.1, -0.05) is 49.4 Å². The molecule has 0 aliphatic carbocycles. The van der Waals surface area contributed by atoms with Gasteiger partial charge in [-0.25, -0.2) is 0 Å². The van der Waals surface area contributed by atoms with Crippen molar-refractivity contribution in [2.45, 2.75) is 31.8 Å². The lowest BCUT2D eigenvalue weighted by atomic mass is 9.83. The summed E-state index contributed by atoms with van der Waals surface area (Å²) >= 11 is 0. The molecule has 1 saturated heterocycles. The summed E-state index contributed by atoms with van der Waals surface area (Å²) in [6.45, 7) is 4.23. The Morgan fingerprint density at radius 1 is 1.00 bits per heavy atom. The van der Waals surface area contributed by atoms with Gasteiger partial charge in [-0.15, -0.1) is 0 Å². The fraction of sp³-hybridized carbons (Fsp3) is 0.333. The van der Waals surface area contributed by atoms with Crippen LogP contribution >= 0.6 is 0 Å². The van der Waals surface area contributed by atoms with Gasteiger partial charge in [0.2, 0.25) is 0 Å². The van der Waals surface area contributed by atoms with Gasteiger partial charge in [0.25, 0.3) is 0 Å². The Hall–Kier alpha value is -2.06. The van der Waals surface area contributed by atoms with Crippen LogP contribution in [0.1, 0.15) is 36.5 Å².